The third-order valence-corrected chi connectivity index (χ3v) is 6.29. The molecule has 2 aliphatic heterocycles. The quantitative estimate of drug-likeness (QED) is 0.173. The van der Waals surface area contributed by atoms with E-state index in [4.69, 9.17) is 15.7 Å². The fourth-order valence-electron chi connectivity index (χ4n) is 4.75. The molecule has 10 heteroatoms. The fourth-order valence-corrected chi connectivity index (χ4v) is 4.75. The zero-order valence-electron chi connectivity index (χ0n) is 18.5. The molecule has 2 saturated heterocycles. The summed E-state index contributed by atoms with van der Waals surface area (Å²) < 4.78 is 5.05. The zero-order valence-corrected chi connectivity index (χ0v) is 18.5. The van der Waals surface area contributed by atoms with E-state index in [1.165, 1.54) is 0 Å². The SMILES string of the molecule is CCOC(=O)CN1CC[C@@H](N2CCN(c3ccc(C(N)=NO)cc3)CC2)[C@@H](CC(=O)O)C1. The van der Waals surface area contributed by atoms with Crippen molar-refractivity contribution in [1.29, 1.82) is 0 Å². The molecule has 2 fully saturated rings. The van der Waals surface area contributed by atoms with Crippen LogP contribution in [0.1, 0.15) is 25.3 Å². The van der Waals surface area contributed by atoms with Crippen LogP contribution in [0.5, 0.6) is 0 Å². The fraction of sp³-hybridized carbons (Fsp3) is 0.591. The molecule has 2 aliphatic rings. The summed E-state index contributed by atoms with van der Waals surface area (Å²) in [7, 11) is 0. The van der Waals surface area contributed by atoms with Crippen molar-refractivity contribution in [1.82, 2.24) is 9.80 Å². The van der Waals surface area contributed by atoms with Crippen LogP contribution in [0.25, 0.3) is 0 Å². The van der Waals surface area contributed by atoms with Crippen LogP contribution < -0.4 is 10.6 Å². The molecule has 10 nitrogen and oxygen atoms in total. The number of carbonyl (C=O) groups is 2. The molecule has 0 amide bonds. The summed E-state index contributed by atoms with van der Waals surface area (Å²) >= 11 is 0. The van der Waals surface area contributed by atoms with Gasteiger partial charge in [0.2, 0.25) is 0 Å². The number of piperazine rings is 1. The van der Waals surface area contributed by atoms with Gasteiger partial charge >= 0.3 is 11.9 Å². The average molecular weight is 448 g/mol. The van der Waals surface area contributed by atoms with Crippen LogP contribution in [0.4, 0.5) is 5.69 Å². The van der Waals surface area contributed by atoms with E-state index < -0.39 is 5.97 Å². The Balaban J connectivity index is 1.58. The minimum atomic E-state index is -0.803. The van der Waals surface area contributed by atoms with Gasteiger partial charge in [-0.3, -0.25) is 19.4 Å². The van der Waals surface area contributed by atoms with Crippen LogP contribution in [0, 0.1) is 5.92 Å². The standard InChI is InChI=1S/C22H33N5O5/c1-2-32-21(30)15-25-8-7-19(17(14-25)13-20(28)29)27-11-9-26(10-12-27)18-5-3-16(4-6-18)22(23)24-31/h3-6,17,19,31H,2,7-15H2,1H3,(H2,23,24)(H,28,29)/t17-,19+/m0/s1. The molecule has 0 spiro atoms. The van der Waals surface area contributed by atoms with Gasteiger partial charge in [-0.25, -0.2) is 0 Å². The molecule has 1 aromatic carbocycles. The lowest BCUT2D eigenvalue weighted by Crippen LogP contribution is -2.57. The highest BCUT2D eigenvalue weighted by molar-refractivity contribution is 5.97. The van der Waals surface area contributed by atoms with Crippen molar-refractivity contribution in [2.45, 2.75) is 25.8 Å². The maximum Gasteiger partial charge on any atom is 0.320 e. The number of rotatable bonds is 8. The van der Waals surface area contributed by atoms with Gasteiger partial charge in [-0.1, -0.05) is 5.16 Å². The van der Waals surface area contributed by atoms with E-state index >= 15 is 0 Å². The Labute approximate surface area is 188 Å². The molecule has 176 valence electrons. The van der Waals surface area contributed by atoms with Crippen LogP contribution in [0.15, 0.2) is 29.4 Å². The molecule has 3 rings (SSSR count). The summed E-state index contributed by atoms with van der Waals surface area (Å²) in [5, 5.41) is 21.3. The molecule has 4 N–H and O–H groups in total. The van der Waals surface area contributed by atoms with E-state index in [1.807, 2.05) is 29.2 Å². The monoisotopic (exact) mass is 447 g/mol. The molecular weight excluding hydrogens is 414 g/mol. The Morgan fingerprint density at radius 3 is 2.44 bits per heavy atom. The predicted molar refractivity (Wildman–Crippen MR) is 120 cm³/mol. The van der Waals surface area contributed by atoms with E-state index in [0.29, 0.717) is 18.7 Å². The Morgan fingerprint density at radius 1 is 1.16 bits per heavy atom. The first-order valence-corrected chi connectivity index (χ1v) is 11.1. The number of hydrogen-bond donors (Lipinski definition) is 3. The van der Waals surface area contributed by atoms with Crippen molar-refractivity contribution in [3.05, 3.63) is 29.8 Å². The van der Waals surface area contributed by atoms with Crippen molar-refractivity contribution in [2.24, 2.45) is 16.8 Å². The first-order chi connectivity index (χ1) is 15.4. The Morgan fingerprint density at radius 2 is 1.84 bits per heavy atom. The number of likely N-dealkylation sites (tertiary alicyclic amines) is 1. The first kappa shape index (κ1) is 23.8. The number of nitrogens with zero attached hydrogens (tertiary/aromatic N) is 4. The number of carbonyl (C=O) groups excluding carboxylic acids is 1. The third kappa shape index (κ3) is 6.10. The number of piperidine rings is 1. The average Bonchev–Trinajstić information content (AvgIpc) is 2.79. The van der Waals surface area contributed by atoms with E-state index in [-0.39, 0.29) is 36.7 Å². The van der Waals surface area contributed by atoms with Crippen LogP contribution >= 0.6 is 0 Å². The summed E-state index contributed by atoms with van der Waals surface area (Å²) in [5.74, 6) is -1.00. The van der Waals surface area contributed by atoms with Crippen molar-refractivity contribution >= 4 is 23.5 Å². The van der Waals surface area contributed by atoms with Crippen molar-refractivity contribution in [2.75, 3.05) is 57.3 Å². The van der Waals surface area contributed by atoms with Gasteiger partial charge in [0.25, 0.3) is 0 Å². The van der Waals surface area contributed by atoms with E-state index in [0.717, 1.165) is 44.8 Å². The van der Waals surface area contributed by atoms with Gasteiger partial charge in [0, 0.05) is 56.6 Å². The molecule has 0 radical (unpaired) electrons. The normalized spacial score (nSPS) is 23.2. The molecular formula is C22H33N5O5. The second-order valence-corrected chi connectivity index (χ2v) is 8.31. The number of aliphatic carboxylic acids is 1. The maximum atomic E-state index is 11.8. The van der Waals surface area contributed by atoms with Crippen molar-refractivity contribution in [3.8, 4) is 0 Å². The number of hydrogen-bond acceptors (Lipinski definition) is 8. The Bertz CT molecular complexity index is 807. The highest BCUT2D eigenvalue weighted by Gasteiger charge is 2.36. The highest BCUT2D eigenvalue weighted by Crippen LogP contribution is 2.27. The molecule has 32 heavy (non-hydrogen) atoms. The second-order valence-electron chi connectivity index (χ2n) is 8.31. The molecule has 0 aliphatic carbocycles. The van der Waals surface area contributed by atoms with E-state index in [9.17, 15) is 14.7 Å². The van der Waals surface area contributed by atoms with Crippen molar-refractivity contribution in [3.63, 3.8) is 0 Å². The number of esters is 1. The lowest BCUT2D eigenvalue weighted by atomic mass is 9.87. The number of carboxylic acid groups (broad SMARTS) is 1. The Kier molecular flexibility index (Phi) is 8.29. The number of carboxylic acids is 1. The van der Waals surface area contributed by atoms with Gasteiger partial charge in [-0.2, -0.15) is 0 Å². The van der Waals surface area contributed by atoms with Gasteiger partial charge in [-0.05, 0) is 43.5 Å². The second kappa shape index (κ2) is 11.1. The summed E-state index contributed by atoms with van der Waals surface area (Å²) in [6.45, 7) is 7.07. The third-order valence-electron chi connectivity index (χ3n) is 6.29. The van der Waals surface area contributed by atoms with Crippen LogP contribution in [-0.4, -0.2) is 96.3 Å². The lowest BCUT2D eigenvalue weighted by Gasteiger charge is -2.46. The molecule has 0 aromatic heterocycles. The molecule has 0 saturated carbocycles. The van der Waals surface area contributed by atoms with Crippen LogP contribution in [0.3, 0.4) is 0 Å². The molecule has 2 atom stereocenters. The van der Waals surface area contributed by atoms with Gasteiger partial charge < -0.3 is 25.7 Å². The summed E-state index contributed by atoms with van der Waals surface area (Å²) in [4.78, 5) is 30.0. The predicted octanol–water partition coefficient (Wildman–Crippen LogP) is 0.631. The number of benzene rings is 1. The number of oxime groups is 1. The van der Waals surface area contributed by atoms with Gasteiger partial charge in [-0.15, -0.1) is 0 Å². The lowest BCUT2D eigenvalue weighted by molar-refractivity contribution is -0.145. The van der Waals surface area contributed by atoms with Gasteiger partial charge in [0.15, 0.2) is 5.84 Å². The summed E-state index contributed by atoms with van der Waals surface area (Å²) in [6, 6.07) is 7.78. The minimum absolute atomic E-state index is 0.0257. The van der Waals surface area contributed by atoms with Gasteiger partial charge in [0.1, 0.15) is 0 Å². The minimum Gasteiger partial charge on any atom is -0.481 e. The smallest absolute Gasteiger partial charge is 0.320 e. The summed E-state index contributed by atoms with van der Waals surface area (Å²) in [6.07, 6.45) is 0.936. The van der Waals surface area contributed by atoms with E-state index in [1.54, 1.807) is 6.92 Å². The highest BCUT2D eigenvalue weighted by atomic mass is 16.5. The zero-order chi connectivity index (χ0) is 23.1. The van der Waals surface area contributed by atoms with E-state index in [2.05, 4.69) is 15.0 Å². The maximum absolute atomic E-state index is 11.8. The van der Waals surface area contributed by atoms with Crippen LogP contribution in [-0.2, 0) is 14.3 Å². The molecule has 0 bridgehead atoms. The number of ether oxygens (including phenoxy) is 1. The molecule has 2 heterocycles. The van der Waals surface area contributed by atoms with Crippen LogP contribution in [0.2, 0.25) is 0 Å². The number of amidine groups is 1. The van der Waals surface area contributed by atoms with Gasteiger partial charge in [0.05, 0.1) is 19.6 Å². The largest absolute Gasteiger partial charge is 0.481 e. The molecule has 1 aromatic rings. The Hall–Kier alpha value is -2.85. The topological polar surface area (TPSA) is 132 Å². The molecule has 0 unspecified atom stereocenters. The number of anilines is 1. The first-order valence-electron chi connectivity index (χ1n) is 11.1. The van der Waals surface area contributed by atoms with Crippen molar-refractivity contribution < 1.29 is 24.6 Å². The summed E-state index contributed by atoms with van der Waals surface area (Å²) in [5.41, 5.74) is 7.37. The number of nitrogens with two attached hydrogens (primary N) is 1.